The molecule has 0 heterocycles. The minimum atomic E-state index is -2.02. The average Bonchev–Trinajstić information content (AvgIpc) is 2.63. The van der Waals surface area contributed by atoms with E-state index in [4.69, 9.17) is 11.8 Å². The predicted octanol–water partition coefficient (Wildman–Crippen LogP) is 4.31. The maximum absolute atomic E-state index is 6.41. The Balaban J connectivity index is 2.33. The number of aryl methyl sites for hydroxylation is 1. The van der Waals surface area contributed by atoms with Gasteiger partial charge in [0.15, 0.2) is 0 Å². The second-order valence-corrected chi connectivity index (χ2v) is 10.1. The Hall–Kier alpha value is -1.69. The Morgan fingerprint density at radius 1 is 0.739 bits per heavy atom. The van der Waals surface area contributed by atoms with Crippen molar-refractivity contribution in [1.29, 1.82) is 0 Å². The molecule has 0 aliphatic heterocycles. The zero-order valence-corrected chi connectivity index (χ0v) is 15.3. The van der Waals surface area contributed by atoms with Crippen LogP contribution in [-0.4, -0.2) is 0 Å². The topological polar surface area (TPSA) is 0 Å². The normalized spacial score (nSPS) is 11.4. The molecule has 23 heavy (non-hydrogen) atoms. The second kappa shape index (κ2) is 6.83. The zero-order valence-electron chi connectivity index (χ0n) is 13.6. The van der Waals surface area contributed by atoms with Crippen molar-refractivity contribution in [3.63, 3.8) is 0 Å². The van der Waals surface area contributed by atoms with Crippen molar-refractivity contribution in [1.82, 2.24) is 0 Å². The lowest BCUT2D eigenvalue weighted by Gasteiger charge is -2.26. The van der Waals surface area contributed by atoms with E-state index in [1.165, 1.54) is 27.0 Å². The van der Waals surface area contributed by atoms with Crippen LogP contribution in [-0.2, 0) is 18.2 Å². The van der Waals surface area contributed by atoms with Crippen molar-refractivity contribution < 1.29 is 0 Å². The van der Waals surface area contributed by atoms with Gasteiger partial charge >= 0.3 is 0 Å². The Morgan fingerprint density at radius 3 is 1.74 bits per heavy atom. The highest BCUT2D eigenvalue weighted by molar-refractivity contribution is 8.25. The van der Waals surface area contributed by atoms with E-state index in [0.717, 1.165) is 6.42 Å². The van der Waals surface area contributed by atoms with Gasteiger partial charge in [-0.05, 0) is 40.4 Å². The Labute approximate surface area is 144 Å². The van der Waals surface area contributed by atoms with Crippen LogP contribution >= 0.6 is 6.04 Å². The molecule has 0 bridgehead atoms. The van der Waals surface area contributed by atoms with Crippen molar-refractivity contribution in [2.24, 2.45) is 0 Å². The molecule has 116 valence electrons. The summed E-state index contributed by atoms with van der Waals surface area (Å²) >= 11 is 6.41. The summed E-state index contributed by atoms with van der Waals surface area (Å²) in [4.78, 5) is 0. The minimum Gasteiger partial charge on any atom is -0.0826 e. The summed E-state index contributed by atoms with van der Waals surface area (Å²) in [6.45, 7) is 4.43. The Kier molecular flexibility index (Phi) is 4.80. The zero-order chi connectivity index (χ0) is 16.3. The smallest absolute Gasteiger partial charge is 0.0382 e. The molecule has 0 saturated heterocycles. The summed E-state index contributed by atoms with van der Waals surface area (Å²) in [6, 6.07) is 25.8. The molecule has 0 aliphatic rings. The molecule has 0 aliphatic carbocycles. The summed E-state index contributed by atoms with van der Waals surface area (Å²) in [6.07, 6.45) is 1.04. The molecule has 0 N–H and O–H groups in total. The van der Waals surface area contributed by atoms with Gasteiger partial charge in [0, 0.05) is 6.04 Å². The summed E-state index contributed by atoms with van der Waals surface area (Å²) < 4.78 is 0. The monoisotopic (exact) mass is 336 g/mol. The van der Waals surface area contributed by atoms with Gasteiger partial charge in [0.05, 0.1) is 0 Å². The van der Waals surface area contributed by atoms with Gasteiger partial charge in [0.1, 0.15) is 0 Å². The van der Waals surface area contributed by atoms with E-state index < -0.39 is 6.04 Å². The maximum atomic E-state index is 6.41. The first-order valence-corrected chi connectivity index (χ1v) is 10.8. The van der Waals surface area contributed by atoms with Gasteiger partial charge in [-0.1, -0.05) is 97.6 Å². The molecule has 0 amide bonds. The fraction of sp³-hybridized carbons (Fsp3) is 0.143. The van der Waals surface area contributed by atoms with Crippen molar-refractivity contribution in [3.05, 3.63) is 90.0 Å². The molecule has 3 aromatic carbocycles. The molecule has 0 saturated carbocycles. The fourth-order valence-corrected chi connectivity index (χ4v) is 7.37. The van der Waals surface area contributed by atoms with Crippen molar-refractivity contribution in [2.45, 2.75) is 20.3 Å². The van der Waals surface area contributed by atoms with E-state index in [-0.39, 0.29) is 0 Å². The summed E-state index contributed by atoms with van der Waals surface area (Å²) in [5.74, 6) is 0. The van der Waals surface area contributed by atoms with Crippen LogP contribution in [0.3, 0.4) is 0 Å². The molecule has 3 aromatic rings. The molecule has 0 fully saturated rings. The number of benzene rings is 3. The third kappa shape index (κ3) is 2.92. The van der Waals surface area contributed by atoms with Gasteiger partial charge < -0.3 is 0 Å². The maximum Gasteiger partial charge on any atom is 0.0382 e. The van der Waals surface area contributed by atoms with Crippen LogP contribution in [0.25, 0.3) is 0 Å². The molecule has 0 spiro atoms. The molecular formula is C21H21PS. The second-order valence-electron chi connectivity index (χ2n) is 5.70. The first-order chi connectivity index (χ1) is 11.2. The van der Waals surface area contributed by atoms with Crippen LogP contribution in [0.2, 0.25) is 0 Å². The number of rotatable bonds is 4. The van der Waals surface area contributed by atoms with Crippen LogP contribution in [0.1, 0.15) is 18.1 Å². The van der Waals surface area contributed by atoms with Crippen LogP contribution in [0.15, 0.2) is 78.9 Å². The summed E-state index contributed by atoms with van der Waals surface area (Å²) in [5, 5.41) is 3.85. The van der Waals surface area contributed by atoms with Gasteiger partial charge in [0.25, 0.3) is 0 Å². The van der Waals surface area contributed by atoms with Crippen LogP contribution in [0, 0.1) is 6.92 Å². The largest absolute Gasteiger partial charge is 0.0826 e. The SMILES string of the molecule is CCc1cccc(P(=S)(c2ccccc2)c2ccccc2)c1C. The lowest BCUT2D eigenvalue weighted by Crippen LogP contribution is -2.27. The van der Waals surface area contributed by atoms with Crippen molar-refractivity contribution in [2.75, 3.05) is 0 Å². The minimum absolute atomic E-state index is 1.04. The third-order valence-electron chi connectivity index (χ3n) is 4.38. The number of hydrogen-bond acceptors (Lipinski definition) is 1. The van der Waals surface area contributed by atoms with Gasteiger partial charge in [-0.15, -0.1) is 0 Å². The summed E-state index contributed by atoms with van der Waals surface area (Å²) in [7, 11) is 0. The Bertz CT molecular complexity index is 795. The lowest BCUT2D eigenvalue weighted by atomic mass is 10.1. The highest BCUT2D eigenvalue weighted by Crippen LogP contribution is 2.44. The van der Waals surface area contributed by atoms with E-state index >= 15 is 0 Å². The predicted molar refractivity (Wildman–Crippen MR) is 107 cm³/mol. The molecule has 0 radical (unpaired) electrons. The first kappa shape index (κ1) is 16.2. The van der Waals surface area contributed by atoms with Gasteiger partial charge in [-0.25, -0.2) is 0 Å². The lowest BCUT2D eigenvalue weighted by molar-refractivity contribution is 1.12. The molecule has 0 aromatic heterocycles. The quantitative estimate of drug-likeness (QED) is 0.640. The van der Waals surface area contributed by atoms with Gasteiger partial charge in [-0.3, -0.25) is 0 Å². The van der Waals surface area contributed by atoms with Crippen LogP contribution in [0.5, 0.6) is 0 Å². The van der Waals surface area contributed by atoms with Crippen molar-refractivity contribution in [3.8, 4) is 0 Å². The van der Waals surface area contributed by atoms with E-state index in [1.54, 1.807) is 0 Å². The fourth-order valence-electron chi connectivity index (χ4n) is 3.10. The third-order valence-corrected chi connectivity index (χ3v) is 9.45. The van der Waals surface area contributed by atoms with E-state index in [2.05, 4.69) is 92.7 Å². The highest BCUT2D eigenvalue weighted by Gasteiger charge is 2.26. The van der Waals surface area contributed by atoms with Crippen molar-refractivity contribution >= 4 is 33.8 Å². The Morgan fingerprint density at radius 2 is 1.26 bits per heavy atom. The molecule has 0 unspecified atom stereocenters. The van der Waals surface area contributed by atoms with E-state index in [1.807, 2.05) is 0 Å². The molecule has 3 rings (SSSR count). The molecule has 0 nitrogen and oxygen atoms in total. The molecule has 0 atom stereocenters. The first-order valence-electron chi connectivity index (χ1n) is 7.98. The molecule has 2 heteroatoms. The number of hydrogen-bond donors (Lipinski definition) is 0. The van der Waals surface area contributed by atoms with Gasteiger partial charge in [0.2, 0.25) is 0 Å². The van der Waals surface area contributed by atoms with Gasteiger partial charge in [-0.2, -0.15) is 0 Å². The summed E-state index contributed by atoms with van der Waals surface area (Å²) in [5.41, 5.74) is 2.75. The van der Waals surface area contributed by atoms with E-state index in [0.29, 0.717) is 0 Å². The van der Waals surface area contributed by atoms with Crippen LogP contribution < -0.4 is 15.9 Å². The average molecular weight is 336 g/mol. The van der Waals surface area contributed by atoms with Crippen LogP contribution in [0.4, 0.5) is 0 Å². The molecular weight excluding hydrogens is 315 g/mol. The van der Waals surface area contributed by atoms with E-state index in [9.17, 15) is 0 Å². The highest BCUT2D eigenvalue weighted by atomic mass is 32.4. The standard InChI is InChI=1S/C21H21PS/c1-3-18-11-10-16-21(17(18)2)22(23,19-12-6-4-7-13-19)20-14-8-5-9-15-20/h4-16H,3H2,1-2H3.